The molecule has 0 saturated carbocycles. The summed E-state index contributed by atoms with van der Waals surface area (Å²) >= 11 is 6.10. The molecule has 0 aliphatic carbocycles. The number of rotatable bonds is 2. The van der Waals surface area contributed by atoms with E-state index >= 15 is 0 Å². The number of anilines is 1. The summed E-state index contributed by atoms with van der Waals surface area (Å²) in [6.07, 6.45) is 4.43. The van der Waals surface area contributed by atoms with Gasteiger partial charge >= 0.3 is 6.03 Å². The van der Waals surface area contributed by atoms with E-state index in [0.29, 0.717) is 17.3 Å². The fourth-order valence-corrected chi connectivity index (χ4v) is 2.88. The molecule has 3 rings (SSSR count). The third-order valence-corrected chi connectivity index (χ3v) is 4.34. The molecule has 0 radical (unpaired) electrons. The minimum Gasteiger partial charge on any atom is -0.314 e. The van der Waals surface area contributed by atoms with Gasteiger partial charge in [0.05, 0.1) is 6.04 Å². The van der Waals surface area contributed by atoms with Gasteiger partial charge in [0.15, 0.2) is 0 Å². The van der Waals surface area contributed by atoms with E-state index in [1.165, 1.54) is 6.33 Å². The number of urea groups is 1. The van der Waals surface area contributed by atoms with Crippen molar-refractivity contribution < 1.29 is 4.79 Å². The molecule has 116 valence electrons. The van der Waals surface area contributed by atoms with E-state index in [1.54, 1.807) is 11.0 Å². The fraction of sp³-hybridized carbons (Fsp3) is 0.400. The minimum absolute atomic E-state index is 0.0582. The van der Waals surface area contributed by atoms with Gasteiger partial charge in [-0.15, -0.1) is 0 Å². The molecule has 2 heterocycles. The van der Waals surface area contributed by atoms with Crippen LogP contribution in [0.4, 0.5) is 10.5 Å². The van der Waals surface area contributed by atoms with Crippen molar-refractivity contribution in [1.82, 2.24) is 20.1 Å². The smallest absolute Gasteiger partial charge is 0.314 e. The highest BCUT2D eigenvalue weighted by molar-refractivity contribution is 6.31. The van der Waals surface area contributed by atoms with Gasteiger partial charge in [0.25, 0.3) is 0 Å². The number of carbonyl (C=O) groups excluding carboxylic acids is 1. The summed E-state index contributed by atoms with van der Waals surface area (Å²) in [6.45, 7) is 2.63. The molecule has 1 fully saturated rings. The first-order valence-electron chi connectivity index (χ1n) is 7.34. The first kappa shape index (κ1) is 14.8. The highest BCUT2D eigenvalue weighted by Crippen LogP contribution is 2.29. The van der Waals surface area contributed by atoms with Crippen molar-refractivity contribution in [2.24, 2.45) is 0 Å². The van der Waals surface area contributed by atoms with Crippen molar-refractivity contribution >= 4 is 23.3 Å². The van der Waals surface area contributed by atoms with Gasteiger partial charge in [0.2, 0.25) is 0 Å². The average molecular weight is 320 g/mol. The summed E-state index contributed by atoms with van der Waals surface area (Å²) in [7, 11) is 0. The third-order valence-electron chi connectivity index (χ3n) is 3.94. The number of halogens is 1. The zero-order chi connectivity index (χ0) is 15.5. The number of amides is 2. The van der Waals surface area contributed by atoms with Crippen LogP contribution in [0.15, 0.2) is 24.5 Å². The maximum Gasteiger partial charge on any atom is 0.322 e. The van der Waals surface area contributed by atoms with Crippen molar-refractivity contribution in [3.8, 4) is 0 Å². The molecule has 0 bridgehead atoms. The lowest BCUT2D eigenvalue weighted by Gasteiger charge is -2.34. The lowest BCUT2D eigenvalue weighted by Crippen LogP contribution is -2.41. The van der Waals surface area contributed by atoms with Gasteiger partial charge in [-0.1, -0.05) is 17.7 Å². The molecule has 1 atom stereocenters. The number of piperidine rings is 1. The molecular weight excluding hydrogens is 302 g/mol. The van der Waals surface area contributed by atoms with Crippen molar-refractivity contribution in [2.75, 3.05) is 11.9 Å². The Labute approximate surface area is 133 Å². The van der Waals surface area contributed by atoms with Crippen LogP contribution < -0.4 is 5.32 Å². The van der Waals surface area contributed by atoms with Gasteiger partial charge < -0.3 is 10.2 Å². The second kappa shape index (κ2) is 6.36. The Morgan fingerprint density at radius 2 is 2.32 bits per heavy atom. The third kappa shape index (κ3) is 3.06. The molecular formula is C15H18ClN5O. The average Bonchev–Trinajstić information content (AvgIpc) is 3.05. The predicted octanol–water partition coefficient (Wildman–Crippen LogP) is 3.53. The topological polar surface area (TPSA) is 73.9 Å². The van der Waals surface area contributed by atoms with Crippen LogP contribution in [0.25, 0.3) is 0 Å². The quantitative estimate of drug-likeness (QED) is 0.889. The summed E-state index contributed by atoms with van der Waals surface area (Å²) in [6, 6.07) is 5.31. The molecule has 0 unspecified atom stereocenters. The highest BCUT2D eigenvalue weighted by Gasteiger charge is 2.29. The lowest BCUT2D eigenvalue weighted by molar-refractivity contribution is 0.159. The van der Waals surface area contributed by atoms with E-state index in [-0.39, 0.29) is 12.1 Å². The maximum absolute atomic E-state index is 12.6. The fourth-order valence-electron chi connectivity index (χ4n) is 2.70. The number of benzene rings is 1. The predicted molar refractivity (Wildman–Crippen MR) is 84.9 cm³/mol. The molecule has 1 aromatic heterocycles. The Bertz CT molecular complexity index is 658. The summed E-state index contributed by atoms with van der Waals surface area (Å²) in [4.78, 5) is 18.6. The van der Waals surface area contributed by atoms with E-state index in [0.717, 1.165) is 30.7 Å². The van der Waals surface area contributed by atoms with Gasteiger partial charge in [0, 0.05) is 17.3 Å². The Hall–Kier alpha value is -2.08. The van der Waals surface area contributed by atoms with Crippen molar-refractivity contribution in [3.63, 3.8) is 0 Å². The van der Waals surface area contributed by atoms with Gasteiger partial charge in [-0.2, -0.15) is 5.10 Å². The first-order valence-corrected chi connectivity index (χ1v) is 7.72. The molecule has 0 spiro atoms. The molecule has 2 amide bonds. The number of hydrogen-bond acceptors (Lipinski definition) is 3. The highest BCUT2D eigenvalue weighted by atomic mass is 35.5. The normalized spacial score (nSPS) is 18.3. The summed E-state index contributed by atoms with van der Waals surface area (Å²) in [5.41, 5.74) is 1.68. The van der Waals surface area contributed by atoms with Gasteiger partial charge in [-0.05, 0) is 43.9 Å². The Kier molecular flexibility index (Phi) is 4.29. The maximum atomic E-state index is 12.6. The van der Waals surface area contributed by atoms with Crippen LogP contribution in [0.3, 0.4) is 0 Å². The monoisotopic (exact) mass is 319 g/mol. The van der Waals surface area contributed by atoms with Crippen molar-refractivity contribution in [2.45, 2.75) is 32.2 Å². The zero-order valence-corrected chi connectivity index (χ0v) is 13.1. The van der Waals surface area contributed by atoms with Crippen LogP contribution in [0, 0.1) is 6.92 Å². The Morgan fingerprint density at radius 3 is 3.05 bits per heavy atom. The second-order valence-corrected chi connectivity index (χ2v) is 5.88. The van der Waals surface area contributed by atoms with Gasteiger partial charge in [-0.3, -0.25) is 5.10 Å². The van der Waals surface area contributed by atoms with Crippen LogP contribution in [0.1, 0.15) is 36.7 Å². The van der Waals surface area contributed by atoms with E-state index in [2.05, 4.69) is 20.5 Å². The van der Waals surface area contributed by atoms with E-state index in [4.69, 9.17) is 11.6 Å². The van der Waals surface area contributed by atoms with Crippen LogP contribution in [0.5, 0.6) is 0 Å². The minimum atomic E-state index is -0.138. The van der Waals surface area contributed by atoms with E-state index in [1.807, 2.05) is 19.1 Å². The number of hydrogen-bond donors (Lipinski definition) is 2. The molecule has 2 aromatic rings. The molecule has 6 nitrogen and oxygen atoms in total. The van der Waals surface area contributed by atoms with E-state index < -0.39 is 0 Å². The Balaban J connectivity index is 1.75. The number of aromatic amines is 1. The molecule has 22 heavy (non-hydrogen) atoms. The second-order valence-electron chi connectivity index (χ2n) is 5.47. The van der Waals surface area contributed by atoms with Gasteiger partial charge in [-0.25, -0.2) is 9.78 Å². The Morgan fingerprint density at radius 1 is 1.45 bits per heavy atom. The lowest BCUT2D eigenvalue weighted by atomic mass is 10.0. The standard InChI is InChI=1S/C15H18ClN5O/c1-10-5-6-11(8-12(10)16)19-15(22)21-7-3-2-4-13(21)14-17-9-18-20-14/h5-6,8-9,13H,2-4,7H2,1H3,(H,19,22)(H,17,18,20)/t13-/m1/s1. The summed E-state index contributed by atoms with van der Waals surface area (Å²) < 4.78 is 0. The number of nitrogens with zero attached hydrogens (tertiary/aromatic N) is 3. The number of aryl methyl sites for hydroxylation is 1. The molecule has 7 heteroatoms. The largest absolute Gasteiger partial charge is 0.322 e. The van der Waals surface area contributed by atoms with Crippen LogP contribution in [0.2, 0.25) is 5.02 Å². The molecule has 2 N–H and O–H groups in total. The van der Waals surface area contributed by atoms with Crippen LogP contribution >= 0.6 is 11.6 Å². The molecule has 1 aromatic carbocycles. The SMILES string of the molecule is Cc1ccc(NC(=O)N2CCCC[C@@H]2c2ncn[nH]2)cc1Cl. The van der Waals surface area contributed by atoms with Crippen molar-refractivity contribution in [3.05, 3.63) is 40.9 Å². The number of likely N-dealkylation sites (tertiary alicyclic amines) is 1. The zero-order valence-electron chi connectivity index (χ0n) is 12.3. The number of H-pyrrole nitrogens is 1. The molecule has 1 aliphatic heterocycles. The summed E-state index contributed by atoms with van der Waals surface area (Å²) in [5.74, 6) is 0.733. The molecule has 1 aliphatic rings. The number of nitrogens with one attached hydrogen (secondary N) is 2. The number of carbonyl (C=O) groups is 1. The first-order chi connectivity index (χ1) is 10.6. The molecule has 1 saturated heterocycles. The van der Waals surface area contributed by atoms with Crippen LogP contribution in [-0.4, -0.2) is 32.7 Å². The van der Waals surface area contributed by atoms with Crippen molar-refractivity contribution in [1.29, 1.82) is 0 Å². The van der Waals surface area contributed by atoms with E-state index in [9.17, 15) is 4.79 Å². The summed E-state index contributed by atoms with van der Waals surface area (Å²) in [5, 5.41) is 10.3. The van der Waals surface area contributed by atoms with Crippen LogP contribution in [-0.2, 0) is 0 Å². The van der Waals surface area contributed by atoms with Gasteiger partial charge in [0.1, 0.15) is 12.2 Å². The number of aromatic nitrogens is 3.